The van der Waals surface area contributed by atoms with Crippen molar-refractivity contribution in [2.24, 2.45) is 0 Å². The first-order chi connectivity index (χ1) is 8.47. The van der Waals surface area contributed by atoms with Gasteiger partial charge >= 0.3 is 0 Å². The molecule has 0 atom stereocenters. The number of anilines is 3. The van der Waals surface area contributed by atoms with E-state index in [2.05, 4.69) is 47.1 Å². The number of nitrogens with one attached hydrogen (secondary N) is 1. The molecule has 2 rings (SSSR count). The lowest BCUT2D eigenvalue weighted by atomic mass is 10.3. The van der Waals surface area contributed by atoms with E-state index in [1.807, 2.05) is 0 Å². The predicted octanol–water partition coefficient (Wildman–Crippen LogP) is 3.61. The molecule has 1 heterocycles. The molecule has 3 N–H and O–H groups in total. The quantitative estimate of drug-likeness (QED) is 0.782. The number of aromatic nitrogens is 2. The van der Waals surface area contributed by atoms with Gasteiger partial charge in [0, 0.05) is 12.3 Å². The van der Waals surface area contributed by atoms with Crippen LogP contribution >= 0.6 is 31.9 Å². The second kappa shape index (κ2) is 5.15. The van der Waals surface area contributed by atoms with Crippen molar-refractivity contribution in [3.8, 4) is 0 Å². The summed E-state index contributed by atoms with van der Waals surface area (Å²) in [6, 6.07) is 2.04. The Morgan fingerprint density at radius 2 is 1.83 bits per heavy atom. The van der Waals surface area contributed by atoms with Crippen LogP contribution in [0, 0.1) is 11.6 Å². The van der Waals surface area contributed by atoms with Gasteiger partial charge in [0.05, 0.1) is 14.6 Å². The smallest absolute Gasteiger partial charge is 0.222 e. The number of hydrogen-bond acceptors (Lipinski definition) is 4. The Morgan fingerprint density at radius 1 is 1.11 bits per heavy atom. The van der Waals surface area contributed by atoms with Crippen LogP contribution < -0.4 is 11.1 Å². The molecular formula is C10H6Br2F2N4. The molecule has 2 aromatic rings. The van der Waals surface area contributed by atoms with E-state index in [0.29, 0.717) is 4.47 Å². The van der Waals surface area contributed by atoms with Crippen LogP contribution in [-0.4, -0.2) is 9.97 Å². The molecular weight excluding hydrogens is 374 g/mol. The van der Waals surface area contributed by atoms with Crippen LogP contribution in [0.2, 0.25) is 0 Å². The van der Waals surface area contributed by atoms with Crippen LogP contribution in [0.1, 0.15) is 0 Å². The maximum absolute atomic E-state index is 13.6. The van der Waals surface area contributed by atoms with Crippen molar-refractivity contribution < 1.29 is 8.78 Å². The van der Waals surface area contributed by atoms with Crippen LogP contribution in [0.25, 0.3) is 0 Å². The highest BCUT2D eigenvalue weighted by atomic mass is 79.9. The summed E-state index contributed by atoms with van der Waals surface area (Å²) in [6.45, 7) is 0. The maximum Gasteiger partial charge on any atom is 0.222 e. The Kier molecular flexibility index (Phi) is 3.76. The summed E-state index contributed by atoms with van der Waals surface area (Å²) in [5.41, 5.74) is 5.37. The molecule has 1 aromatic carbocycles. The minimum absolute atomic E-state index is 0.0266. The number of nitrogens with two attached hydrogens (primary N) is 1. The van der Waals surface area contributed by atoms with Crippen LogP contribution in [-0.2, 0) is 0 Å². The van der Waals surface area contributed by atoms with E-state index in [1.54, 1.807) is 0 Å². The first kappa shape index (κ1) is 13.2. The molecule has 0 fully saturated rings. The molecule has 0 bridgehead atoms. The van der Waals surface area contributed by atoms with E-state index in [9.17, 15) is 8.78 Å². The SMILES string of the molecule is Nc1ncc(Br)c(Nc2cc(F)c(Br)cc2F)n1. The van der Waals surface area contributed by atoms with Crippen molar-refractivity contribution in [1.82, 2.24) is 9.97 Å². The molecule has 0 aliphatic heterocycles. The lowest BCUT2D eigenvalue weighted by Gasteiger charge is -2.09. The van der Waals surface area contributed by atoms with E-state index in [4.69, 9.17) is 5.73 Å². The van der Waals surface area contributed by atoms with Crippen LogP contribution in [0.4, 0.5) is 26.2 Å². The van der Waals surface area contributed by atoms with Crippen molar-refractivity contribution in [3.63, 3.8) is 0 Å². The molecule has 0 aliphatic carbocycles. The van der Waals surface area contributed by atoms with Crippen molar-refractivity contribution in [3.05, 3.63) is 38.9 Å². The number of halogens is 4. The molecule has 0 radical (unpaired) electrons. The summed E-state index contributed by atoms with van der Waals surface area (Å²) in [4.78, 5) is 7.61. The Bertz CT molecular complexity index is 607. The van der Waals surface area contributed by atoms with Crippen LogP contribution in [0.3, 0.4) is 0 Å². The number of nitrogens with zero attached hydrogens (tertiary/aromatic N) is 2. The minimum Gasteiger partial charge on any atom is -0.368 e. The summed E-state index contributed by atoms with van der Waals surface area (Å²) < 4.78 is 27.5. The van der Waals surface area contributed by atoms with Crippen molar-refractivity contribution in [2.75, 3.05) is 11.1 Å². The third-order valence-electron chi connectivity index (χ3n) is 2.03. The number of hydrogen-bond donors (Lipinski definition) is 2. The zero-order chi connectivity index (χ0) is 13.3. The highest BCUT2D eigenvalue weighted by molar-refractivity contribution is 9.10. The summed E-state index contributed by atoms with van der Waals surface area (Å²) in [7, 11) is 0. The van der Waals surface area contributed by atoms with Gasteiger partial charge in [0.2, 0.25) is 5.95 Å². The van der Waals surface area contributed by atoms with Gasteiger partial charge in [-0.1, -0.05) is 0 Å². The van der Waals surface area contributed by atoms with Gasteiger partial charge in [0.15, 0.2) is 0 Å². The van der Waals surface area contributed by atoms with E-state index in [0.717, 1.165) is 12.1 Å². The molecule has 0 aliphatic rings. The van der Waals surface area contributed by atoms with Crippen LogP contribution in [0.15, 0.2) is 27.3 Å². The molecule has 8 heteroatoms. The van der Waals surface area contributed by atoms with Crippen LogP contribution in [0.5, 0.6) is 0 Å². The van der Waals surface area contributed by atoms with E-state index in [1.165, 1.54) is 6.20 Å². The summed E-state index contributed by atoms with van der Waals surface area (Å²) >= 11 is 6.07. The topological polar surface area (TPSA) is 63.8 Å². The molecule has 0 saturated carbocycles. The van der Waals surface area contributed by atoms with Gasteiger partial charge in [0.1, 0.15) is 17.5 Å². The molecule has 94 valence electrons. The van der Waals surface area contributed by atoms with Crippen molar-refractivity contribution >= 4 is 49.3 Å². The standard InChI is InChI=1S/C10H6Br2F2N4/c11-4-1-7(14)8(2-6(4)13)17-9-5(12)3-16-10(15)18-9/h1-3H,(H3,15,16,17,18). The Balaban J connectivity index is 2.40. The van der Waals surface area contributed by atoms with E-state index < -0.39 is 11.6 Å². The zero-order valence-corrected chi connectivity index (χ0v) is 11.9. The monoisotopic (exact) mass is 378 g/mol. The fourth-order valence-corrected chi connectivity index (χ4v) is 1.82. The van der Waals surface area contributed by atoms with Gasteiger partial charge in [-0.2, -0.15) is 4.98 Å². The largest absolute Gasteiger partial charge is 0.368 e. The van der Waals surface area contributed by atoms with Gasteiger partial charge in [-0.15, -0.1) is 0 Å². The predicted molar refractivity (Wildman–Crippen MR) is 71.5 cm³/mol. The highest BCUT2D eigenvalue weighted by Crippen LogP contribution is 2.28. The second-order valence-electron chi connectivity index (χ2n) is 3.30. The van der Waals surface area contributed by atoms with E-state index >= 15 is 0 Å². The second-order valence-corrected chi connectivity index (χ2v) is 5.00. The zero-order valence-electron chi connectivity index (χ0n) is 8.72. The minimum atomic E-state index is -0.618. The Morgan fingerprint density at radius 3 is 2.56 bits per heavy atom. The molecule has 1 aromatic heterocycles. The summed E-state index contributed by atoms with van der Waals surface area (Å²) in [5, 5.41) is 2.64. The molecule has 0 saturated heterocycles. The van der Waals surface area contributed by atoms with Gasteiger partial charge < -0.3 is 11.1 Å². The molecule has 0 spiro atoms. The van der Waals surface area contributed by atoms with Gasteiger partial charge in [-0.25, -0.2) is 13.8 Å². The van der Waals surface area contributed by atoms with Gasteiger partial charge in [-0.3, -0.25) is 0 Å². The molecule has 4 nitrogen and oxygen atoms in total. The fraction of sp³-hybridized carbons (Fsp3) is 0. The molecule has 18 heavy (non-hydrogen) atoms. The number of rotatable bonds is 2. The summed E-state index contributed by atoms with van der Waals surface area (Å²) in [6.07, 6.45) is 1.41. The molecule has 0 amide bonds. The highest BCUT2D eigenvalue weighted by Gasteiger charge is 2.11. The normalized spacial score (nSPS) is 10.4. The van der Waals surface area contributed by atoms with E-state index in [-0.39, 0.29) is 21.9 Å². The lowest BCUT2D eigenvalue weighted by Crippen LogP contribution is -2.02. The average Bonchev–Trinajstić information content (AvgIpc) is 2.30. The van der Waals surface area contributed by atoms with Crippen molar-refractivity contribution in [1.29, 1.82) is 0 Å². The Labute approximate surface area is 118 Å². The van der Waals surface area contributed by atoms with Crippen molar-refractivity contribution in [2.45, 2.75) is 0 Å². The molecule has 0 unspecified atom stereocenters. The number of nitrogen functional groups attached to an aromatic ring is 1. The first-order valence-electron chi connectivity index (χ1n) is 4.67. The average molecular weight is 380 g/mol. The Hall–Kier alpha value is -1.28. The van der Waals surface area contributed by atoms with Gasteiger partial charge in [-0.05, 0) is 37.9 Å². The number of benzene rings is 1. The summed E-state index contributed by atoms with van der Waals surface area (Å²) in [5.74, 6) is -0.925. The first-order valence-corrected chi connectivity index (χ1v) is 6.25. The fourth-order valence-electron chi connectivity index (χ4n) is 1.21. The van der Waals surface area contributed by atoms with Gasteiger partial charge in [0.25, 0.3) is 0 Å². The third-order valence-corrected chi connectivity index (χ3v) is 3.21. The lowest BCUT2D eigenvalue weighted by molar-refractivity contribution is 0.597. The maximum atomic E-state index is 13.6. The third kappa shape index (κ3) is 2.75.